The highest BCUT2D eigenvalue weighted by Gasteiger charge is 2.29. The van der Waals surface area contributed by atoms with Crippen LogP contribution in [0.4, 0.5) is 0 Å². The highest BCUT2D eigenvalue weighted by Crippen LogP contribution is 2.25. The van der Waals surface area contributed by atoms with Gasteiger partial charge in [0.25, 0.3) is 0 Å². The van der Waals surface area contributed by atoms with Gasteiger partial charge in [0.15, 0.2) is 0 Å². The zero-order valence-electron chi connectivity index (χ0n) is 10.2. The van der Waals surface area contributed by atoms with Gasteiger partial charge in [-0.1, -0.05) is 5.21 Å². The average molecular weight is 237 g/mol. The van der Waals surface area contributed by atoms with Gasteiger partial charge < -0.3 is 10.6 Å². The van der Waals surface area contributed by atoms with Crippen LogP contribution in [0, 0.1) is 0 Å². The lowest BCUT2D eigenvalue weighted by molar-refractivity contribution is -0.131. The molecule has 1 aliphatic carbocycles. The second kappa shape index (κ2) is 5.27. The molecule has 0 bridgehead atoms. The monoisotopic (exact) mass is 237 g/mol. The lowest BCUT2D eigenvalue weighted by Gasteiger charge is -2.15. The van der Waals surface area contributed by atoms with Gasteiger partial charge in [-0.2, -0.15) is 0 Å². The number of aromatic nitrogens is 3. The first-order valence-corrected chi connectivity index (χ1v) is 6.05. The Balaban J connectivity index is 1.85. The van der Waals surface area contributed by atoms with Crippen LogP contribution in [0.5, 0.6) is 0 Å². The SMILES string of the molecule is CN(C(=O)Cn1cc(CCCN)nn1)C1CC1. The van der Waals surface area contributed by atoms with E-state index in [-0.39, 0.29) is 12.5 Å². The van der Waals surface area contributed by atoms with Crippen molar-refractivity contribution in [2.75, 3.05) is 13.6 Å². The number of aryl methyl sites for hydroxylation is 1. The van der Waals surface area contributed by atoms with Crippen LogP contribution in [-0.4, -0.2) is 45.4 Å². The molecule has 1 saturated carbocycles. The third-order valence-electron chi connectivity index (χ3n) is 3.01. The van der Waals surface area contributed by atoms with E-state index in [1.165, 1.54) is 0 Å². The molecular weight excluding hydrogens is 218 g/mol. The summed E-state index contributed by atoms with van der Waals surface area (Å²) in [6.07, 6.45) is 5.80. The number of amides is 1. The number of carbonyl (C=O) groups is 1. The number of hydrogen-bond donors (Lipinski definition) is 1. The maximum Gasteiger partial charge on any atom is 0.244 e. The number of carbonyl (C=O) groups excluding carboxylic acids is 1. The van der Waals surface area contributed by atoms with E-state index in [9.17, 15) is 4.79 Å². The summed E-state index contributed by atoms with van der Waals surface area (Å²) in [6.45, 7) is 0.929. The van der Waals surface area contributed by atoms with Gasteiger partial charge in [0.2, 0.25) is 5.91 Å². The minimum Gasteiger partial charge on any atom is -0.341 e. The largest absolute Gasteiger partial charge is 0.341 e. The van der Waals surface area contributed by atoms with E-state index >= 15 is 0 Å². The Morgan fingerprint density at radius 3 is 3.06 bits per heavy atom. The van der Waals surface area contributed by atoms with Gasteiger partial charge in [-0.05, 0) is 32.2 Å². The second-order valence-corrected chi connectivity index (χ2v) is 4.54. The van der Waals surface area contributed by atoms with E-state index in [2.05, 4.69) is 10.3 Å². The summed E-state index contributed by atoms with van der Waals surface area (Å²) in [4.78, 5) is 13.6. The fourth-order valence-corrected chi connectivity index (χ4v) is 1.73. The lowest BCUT2D eigenvalue weighted by Crippen LogP contribution is -2.32. The van der Waals surface area contributed by atoms with Crippen molar-refractivity contribution >= 4 is 5.91 Å². The van der Waals surface area contributed by atoms with E-state index in [0.717, 1.165) is 31.4 Å². The fourth-order valence-electron chi connectivity index (χ4n) is 1.73. The van der Waals surface area contributed by atoms with E-state index in [0.29, 0.717) is 12.6 Å². The van der Waals surface area contributed by atoms with Crippen molar-refractivity contribution in [2.45, 2.75) is 38.3 Å². The summed E-state index contributed by atoms with van der Waals surface area (Å²) >= 11 is 0. The number of nitrogens with zero attached hydrogens (tertiary/aromatic N) is 4. The molecule has 6 heteroatoms. The number of nitrogens with two attached hydrogens (primary N) is 1. The van der Waals surface area contributed by atoms with Crippen LogP contribution in [0.2, 0.25) is 0 Å². The van der Waals surface area contributed by atoms with Crippen LogP contribution < -0.4 is 5.73 Å². The van der Waals surface area contributed by atoms with Crippen LogP contribution in [0.1, 0.15) is 25.0 Å². The van der Waals surface area contributed by atoms with E-state index in [1.807, 2.05) is 13.2 Å². The van der Waals surface area contributed by atoms with Crippen molar-refractivity contribution in [3.05, 3.63) is 11.9 Å². The van der Waals surface area contributed by atoms with Gasteiger partial charge in [-0.15, -0.1) is 5.10 Å². The topological polar surface area (TPSA) is 77.0 Å². The second-order valence-electron chi connectivity index (χ2n) is 4.54. The van der Waals surface area contributed by atoms with Crippen LogP contribution in [0.3, 0.4) is 0 Å². The van der Waals surface area contributed by atoms with Gasteiger partial charge >= 0.3 is 0 Å². The molecule has 1 amide bonds. The first-order chi connectivity index (χ1) is 8.20. The Hall–Kier alpha value is -1.43. The molecule has 1 aromatic rings. The highest BCUT2D eigenvalue weighted by molar-refractivity contribution is 5.76. The molecule has 0 atom stereocenters. The van der Waals surface area contributed by atoms with Crippen LogP contribution in [0.25, 0.3) is 0 Å². The van der Waals surface area contributed by atoms with Gasteiger partial charge in [-0.25, -0.2) is 4.68 Å². The average Bonchev–Trinajstić information content (AvgIpc) is 3.08. The molecular formula is C11H19N5O. The summed E-state index contributed by atoms with van der Waals surface area (Å²) in [6, 6.07) is 0.447. The maximum absolute atomic E-state index is 11.8. The Morgan fingerprint density at radius 2 is 2.41 bits per heavy atom. The van der Waals surface area contributed by atoms with E-state index < -0.39 is 0 Å². The summed E-state index contributed by atoms with van der Waals surface area (Å²) in [5, 5.41) is 7.96. The minimum absolute atomic E-state index is 0.0998. The van der Waals surface area contributed by atoms with Crippen molar-refractivity contribution in [3.63, 3.8) is 0 Å². The number of likely N-dealkylation sites (N-methyl/N-ethyl adjacent to an activating group) is 1. The van der Waals surface area contributed by atoms with Gasteiger partial charge in [0.1, 0.15) is 6.54 Å². The third-order valence-corrected chi connectivity index (χ3v) is 3.01. The molecule has 1 aliphatic rings. The van der Waals surface area contributed by atoms with Gasteiger partial charge in [0, 0.05) is 19.3 Å². The van der Waals surface area contributed by atoms with Crippen molar-refractivity contribution in [3.8, 4) is 0 Å². The lowest BCUT2D eigenvalue weighted by atomic mass is 10.2. The summed E-state index contributed by atoms with van der Waals surface area (Å²) in [5.74, 6) is 0.0998. The Bertz CT molecular complexity index is 385. The first kappa shape index (κ1) is 12.0. The summed E-state index contributed by atoms with van der Waals surface area (Å²) in [7, 11) is 1.85. The van der Waals surface area contributed by atoms with Gasteiger partial charge in [0.05, 0.1) is 5.69 Å². The molecule has 0 aromatic carbocycles. The molecule has 2 rings (SSSR count). The molecule has 0 saturated heterocycles. The van der Waals surface area contributed by atoms with Gasteiger partial charge in [-0.3, -0.25) is 4.79 Å². The zero-order chi connectivity index (χ0) is 12.3. The van der Waals surface area contributed by atoms with E-state index in [1.54, 1.807) is 9.58 Å². The number of hydrogen-bond acceptors (Lipinski definition) is 4. The molecule has 2 N–H and O–H groups in total. The van der Waals surface area contributed by atoms with Crippen LogP contribution >= 0.6 is 0 Å². The third kappa shape index (κ3) is 3.26. The molecule has 1 aromatic heterocycles. The smallest absolute Gasteiger partial charge is 0.244 e. The van der Waals surface area contributed by atoms with Crippen molar-refractivity contribution in [1.82, 2.24) is 19.9 Å². The molecule has 1 fully saturated rings. The standard InChI is InChI=1S/C11H19N5O/c1-15(10-4-5-10)11(17)8-16-7-9(13-14-16)3-2-6-12/h7,10H,2-6,8,12H2,1H3. The molecule has 0 spiro atoms. The molecule has 0 radical (unpaired) electrons. The van der Waals surface area contributed by atoms with Crippen LogP contribution in [-0.2, 0) is 17.8 Å². The Kier molecular flexibility index (Phi) is 3.73. The van der Waals surface area contributed by atoms with Crippen LogP contribution in [0.15, 0.2) is 6.20 Å². The van der Waals surface area contributed by atoms with Crippen molar-refractivity contribution < 1.29 is 4.79 Å². The molecule has 0 aliphatic heterocycles. The summed E-state index contributed by atoms with van der Waals surface area (Å²) < 4.78 is 1.60. The molecule has 94 valence electrons. The molecule has 6 nitrogen and oxygen atoms in total. The predicted molar refractivity (Wildman–Crippen MR) is 63.2 cm³/mol. The predicted octanol–water partition coefficient (Wildman–Crippen LogP) is -0.210. The molecule has 1 heterocycles. The minimum atomic E-state index is 0.0998. The van der Waals surface area contributed by atoms with Crippen molar-refractivity contribution in [1.29, 1.82) is 0 Å². The van der Waals surface area contributed by atoms with E-state index in [4.69, 9.17) is 5.73 Å². The highest BCUT2D eigenvalue weighted by atomic mass is 16.2. The first-order valence-electron chi connectivity index (χ1n) is 6.05. The Morgan fingerprint density at radius 1 is 1.65 bits per heavy atom. The fraction of sp³-hybridized carbons (Fsp3) is 0.727. The Labute approximate surface area is 101 Å². The summed E-state index contributed by atoms with van der Waals surface area (Å²) in [5.41, 5.74) is 6.33. The zero-order valence-corrected chi connectivity index (χ0v) is 10.2. The quantitative estimate of drug-likeness (QED) is 0.742. The molecule has 17 heavy (non-hydrogen) atoms. The number of rotatable bonds is 6. The normalized spacial score (nSPS) is 14.9. The van der Waals surface area contributed by atoms with Crippen molar-refractivity contribution in [2.24, 2.45) is 5.73 Å². The molecule has 0 unspecified atom stereocenters. The maximum atomic E-state index is 11.8.